The maximum atomic E-state index is 12.4. The molecule has 9 heteroatoms. The lowest BCUT2D eigenvalue weighted by Crippen LogP contribution is -2.63. The fourth-order valence-corrected chi connectivity index (χ4v) is 5.90. The number of amides is 2. The number of β-lactam (4-membered cyclic amide) rings is 1. The third-order valence-corrected chi connectivity index (χ3v) is 7.30. The van der Waals surface area contributed by atoms with Crippen LogP contribution in [0.15, 0.2) is 10.6 Å². The van der Waals surface area contributed by atoms with Crippen LogP contribution in [0.25, 0.3) is 0 Å². The van der Waals surface area contributed by atoms with Gasteiger partial charge in [-0.2, -0.15) is 0 Å². The SMILES string of the molecule is CNC(=O)CC[C@H]1C[C@H](SC2=C(C(=O)O)N3C(=O)[C@H]([C@@H](C)O)[C@H]3[C@H]2C)CN1. The van der Waals surface area contributed by atoms with Crippen molar-refractivity contribution in [1.29, 1.82) is 0 Å². The van der Waals surface area contributed by atoms with Crippen LogP contribution in [0, 0.1) is 11.8 Å². The molecule has 4 N–H and O–H groups in total. The summed E-state index contributed by atoms with van der Waals surface area (Å²) in [6.07, 6.45) is 1.27. The summed E-state index contributed by atoms with van der Waals surface area (Å²) in [6.45, 7) is 4.25. The minimum absolute atomic E-state index is 0.0141. The maximum absolute atomic E-state index is 12.4. The Balaban J connectivity index is 1.68. The molecule has 2 saturated heterocycles. The van der Waals surface area contributed by atoms with Gasteiger partial charge in [-0.15, -0.1) is 11.8 Å². The van der Waals surface area contributed by atoms with Gasteiger partial charge in [-0.25, -0.2) is 4.79 Å². The van der Waals surface area contributed by atoms with Crippen molar-refractivity contribution in [3.05, 3.63) is 10.6 Å². The molecule has 3 aliphatic heterocycles. The first kappa shape index (κ1) is 20.2. The van der Waals surface area contributed by atoms with Crippen LogP contribution in [-0.4, -0.2) is 69.9 Å². The first-order chi connectivity index (χ1) is 12.8. The van der Waals surface area contributed by atoms with Crippen LogP contribution in [-0.2, 0) is 14.4 Å². The van der Waals surface area contributed by atoms with Crippen LogP contribution < -0.4 is 10.6 Å². The third-order valence-electron chi connectivity index (χ3n) is 5.79. The predicted molar refractivity (Wildman–Crippen MR) is 101 cm³/mol. The Morgan fingerprint density at radius 3 is 2.74 bits per heavy atom. The summed E-state index contributed by atoms with van der Waals surface area (Å²) in [4.78, 5) is 37.7. The lowest BCUT2D eigenvalue weighted by atomic mass is 9.79. The van der Waals surface area contributed by atoms with E-state index in [0.717, 1.165) is 24.3 Å². The molecule has 0 unspecified atom stereocenters. The highest BCUT2D eigenvalue weighted by molar-refractivity contribution is 8.03. The summed E-state index contributed by atoms with van der Waals surface area (Å²) in [6, 6.07) is -0.0428. The highest BCUT2D eigenvalue weighted by atomic mass is 32.2. The van der Waals surface area contributed by atoms with Gasteiger partial charge in [0.2, 0.25) is 11.8 Å². The van der Waals surface area contributed by atoms with Crippen molar-refractivity contribution in [2.75, 3.05) is 13.6 Å². The molecule has 2 amide bonds. The highest BCUT2D eigenvalue weighted by Gasteiger charge is 2.60. The molecule has 0 aromatic rings. The number of carbonyl (C=O) groups excluding carboxylic acids is 2. The average molecular weight is 397 g/mol. The zero-order valence-electron chi connectivity index (χ0n) is 15.8. The van der Waals surface area contributed by atoms with Gasteiger partial charge < -0.3 is 25.7 Å². The molecule has 0 aromatic heterocycles. The quantitative estimate of drug-likeness (QED) is 0.451. The van der Waals surface area contributed by atoms with Crippen LogP contribution in [0.3, 0.4) is 0 Å². The first-order valence-corrected chi connectivity index (χ1v) is 10.2. The van der Waals surface area contributed by atoms with Gasteiger partial charge in [-0.05, 0) is 19.8 Å². The molecule has 0 aliphatic carbocycles. The number of nitrogens with one attached hydrogen (secondary N) is 2. The average Bonchev–Trinajstić information content (AvgIpc) is 3.14. The number of hydrogen-bond acceptors (Lipinski definition) is 6. The van der Waals surface area contributed by atoms with E-state index in [2.05, 4.69) is 10.6 Å². The van der Waals surface area contributed by atoms with E-state index in [1.54, 1.807) is 14.0 Å². The number of rotatable bonds is 7. The molecular weight excluding hydrogens is 370 g/mol. The fraction of sp³-hybridized carbons (Fsp3) is 0.722. The van der Waals surface area contributed by atoms with Gasteiger partial charge in [-0.3, -0.25) is 9.59 Å². The standard InChI is InChI=1S/C18H27N3O5S/c1-8-14-13(9(2)22)17(24)21(14)15(18(25)26)16(8)27-11-6-10(20-7-11)4-5-12(23)19-3/h8-11,13-14,20,22H,4-7H2,1-3H3,(H,19,23)(H,25,26)/t8-,9-,10+,11+,13-,14-/m1/s1. The molecule has 2 fully saturated rings. The van der Waals surface area contributed by atoms with Gasteiger partial charge in [0.1, 0.15) is 5.70 Å². The highest BCUT2D eigenvalue weighted by Crippen LogP contribution is 2.51. The molecule has 0 radical (unpaired) electrons. The van der Waals surface area contributed by atoms with Crippen molar-refractivity contribution in [2.45, 2.75) is 56.5 Å². The number of hydrogen-bond donors (Lipinski definition) is 4. The molecule has 27 heavy (non-hydrogen) atoms. The molecule has 3 heterocycles. The topological polar surface area (TPSA) is 119 Å². The second-order valence-corrected chi connectivity index (χ2v) is 8.91. The van der Waals surface area contributed by atoms with Gasteiger partial charge >= 0.3 is 5.97 Å². The molecule has 0 spiro atoms. The molecule has 3 aliphatic rings. The number of aliphatic hydroxyl groups excluding tert-OH is 1. The molecule has 0 saturated carbocycles. The van der Waals surface area contributed by atoms with Crippen molar-refractivity contribution in [3.8, 4) is 0 Å². The Kier molecular flexibility index (Phi) is 5.83. The van der Waals surface area contributed by atoms with Crippen molar-refractivity contribution in [2.24, 2.45) is 11.8 Å². The summed E-state index contributed by atoms with van der Waals surface area (Å²) in [5, 5.41) is 25.8. The number of aliphatic hydroxyl groups is 1. The number of carboxylic acids is 1. The van der Waals surface area contributed by atoms with Crippen molar-refractivity contribution in [3.63, 3.8) is 0 Å². The number of carbonyl (C=O) groups is 3. The van der Waals surface area contributed by atoms with E-state index >= 15 is 0 Å². The zero-order valence-corrected chi connectivity index (χ0v) is 16.6. The van der Waals surface area contributed by atoms with Crippen LogP contribution >= 0.6 is 11.8 Å². The minimum Gasteiger partial charge on any atom is -0.477 e. The Labute approximate surface area is 162 Å². The summed E-state index contributed by atoms with van der Waals surface area (Å²) < 4.78 is 0. The van der Waals surface area contributed by atoms with E-state index in [-0.39, 0.29) is 40.8 Å². The van der Waals surface area contributed by atoms with E-state index in [0.29, 0.717) is 6.42 Å². The Morgan fingerprint density at radius 1 is 1.44 bits per heavy atom. The largest absolute Gasteiger partial charge is 0.477 e. The minimum atomic E-state index is -1.09. The number of nitrogens with zero attached hydrogens (tertiary/aromatic N) is 1. The third kappa shape index (κ3) is 3.60. The number of aliphatic carboxylic acids is 1. The summed E-state index contributed by atoms with van der Waals surface area (Å²) in [7, 11) is 1.62. The summed E-state index contributed by atoms with van der Waals surface area (Å²) >= 11 is 1.53. The fourth-order valence-electron chi connectivity index (χ4n) is 4.38. The monoisotopic (exact) mass is 397 g/mol. The van der Waals surface area contributed by atoms with Gasteiger partial charge in [0, 0.05) is 42.1 Å². The smallest absolute Gasteiger partial charge is 0.353 e. The number of fused-ring (bicyclic) bond motifs is 1. The lowest BCUT2D eigenvalue weighted by molar-refractivity contribution is -0.163. The molecule has 8 nitrogen and oxygen atoms in total. The molecule has 0 aromatic carbocycles. The van der Waals surface area contributed by atoms with E-state index < -0.39 is 18.0 Å². The van der Waals surface area contributed by atoms with Crippen molar-refractivity contribution in [1.82, 2.24) is 15.5 Å². The van der Waals surface area contributed by atoms with Crippen LogP contribution in [0.5, 0.6) is 0 Å². The summed E-state index contributed by atoms with van der Waals surface area (Å²) in [5.41, 5.74) is 0.0770. The van der Waals surface area contributed by atoms with Crippen LogP contribution in [0.1, 0.15) is 33.1 Å². The van der Waals surface area contributed by atoms with E-state index in [4.69, 9.17) is 0 Å². The molecule has 0 bridgehead atoms. The van der Waals surface area contributed by atoms with Crippen molar-refractivity contribution >= 4 is 29.5 Å². The normalized spacial score (nSPS) is 33.7. The Bertz CT molecular complexity index is 680. The zero-order chi connectivity index (χ0) is 19.9. The Morgan fingerprint density at radius 2 is 2.15 bits per heavy atom. The number of carboxylic acid groups (broad SMARTS) is 1. The van der Waals surface area contributed by atoms with Crippen LogP contribution in [0.4, 0.5) is 0 Å². The number of thioether (sulfide) groups is 1. The predicted octanol–water partition coefficient (Wildman–Crippen LogP) is 0.130. The van der Waals surface area contributed by atoms with Gasteiger partial charge in [0.05, 0.1) is 18.1 Å². The Hall–Kier alpha value is -1.58. The van der Waals surface area contributed by atoms with Gasteiger partial charge in [0.25, 0.3) is 0 Å². The molecule has 6 atom stereocenters. The van der Waals surface area contributed by atoms with Crippen LogP contribution in [0.2, 0.25) is 0 Å². The van der Waals surface area contributed by atoms with E-state index in [9.17, 15) is 24.6 Å². The summed E-state index contributed by atoms with van der Waals surface area (Å²) in [5.74, 6) is -2.02. The van der Waals surface area contributed by atoms with E-state index in [1.165, 1.54) is 16.7 Å². The molecule has 3 rings (SSSR count). The van der Waals surface area contributed by atoms with Gasteiger partial charge in [-0.1, -0.05) is 6.92 Å². The van der Waals surface area contributed by atoms with Gasteiger partial charge in [0.15, 0.2) is 0 Å². The maximum Gasteiger partial charge on any atom is 0.353 e. The lowest BCUT2D eigenvalue weighted by Gasteiger charge is -2.46. The van der Waals surface area contributed by atoms with E-state index in [1.807, 2.05) is 6.92 Å². The second kappa shape index (κ2) is 7.81. The first-order valence-electron chi connectivity index (χ1n) is 9.35. The molecular formula is C18H27N3O5S. The molecule has 150 valence electrons. The second-order valence-electron chi connectivity index (χ2n) is 7.56. The van der Waals surface area contributed by atoms with Crippen molar-refractivity contribution < 1.29 is 24.6 Å².